The summed E-state index contributed by atoms with van der Waals surface area (Å²) < 4.78 is 5.50. The zero-order valence-electron chi connectivity index (χ0n) is 8.98. The van der Waals surface area contributed by atoms with E-state index in [9.17, 15) is 0 Å². The van der Waals surface area contributed by atoms with E-state index in [2.05, 4.69) is 0 Å². The molecule has 0 aliphatic heterocycles. The van der Waals surface area contributed by atoms with Crippen LogP contribution in [-0.4, -0.2) is 24.9 Å². The zero-order valence-corrected chi connectivity index (χ0v) is 8.98. The first-order valence-electron chi connectivity index (χ1n) is 5.39. The van der Waals surface area contributed by atoms with Crippen LogP contribution in [0.15, 0.2) is 24.3 Å². The van der Waals surface area contributed by atoms with Gasteiger partial charge in [-0.15, -0.1) is 0 Å². The molecule has 0 unspecified atom stereocenters. The number of rotatable bonds is 7. The Morgan fingerprint density at radius 2 is 1.87 bits per heavy atom. The Hall–Kier alpha value is -1.06. The summed E-state index contributed by atoms with van der Waals surface area (Å²) in [6, 6.07) is 8.00. The molecule has 0 atom stereocenters. The Bertz CT molecular complexity index is 259. The highest BCUT2D eigenvalue weighted by Gasteiger charge is 1.95. The normalized spacial score (nSPS) is 10.3. The van der Waals surface area contributed by atoms with E-state index in [0.29, 0.717) is 13.2 Å². The van der Waals surface area contributed by atoms with E-state index in [-0.39, 0.29) is 6.61 Å². The maximum atomic E-state index is 8.59. The molecule has 0 aliphatic rings. The van der Waals surface area contributed by atoms with Crippen LogP contribution in [0.25, 0.3) is 0 Å². The van der Waals surface area contributed by atoms with E-state index in [1.165, 1.54) is 5.56 Å². The fraction of sp³-hybridized carbons (Fsp3) is 0.500. The summed E-state index contributed by atoms with van der Waals surface area (Å²) in [4.78, 5) is 0. The molecule has 15 heavy (non-hydrogen) atoms. The van der Waals surface area contributed by atoms with Crippen LogP contribution in [-0.2, 0) is 6.42 Å². The largest absolute Gasteiger partial charge is 0.494 e. The lowest BCUT2D eigenvalue weighted by Gasteiger charge is -2.06. The predicted octanol–water partition coefficient (Wildman–Crippen LogP) is 1.34. The van der Waals surface area contributed by atoms with Crippen molar-refractivity contribution in [2.75, 3.05) is 19.8 Å². The molecule has 0 bridgehead atoms. The van der Waals surface area contributed by atoms with Crippen LogP contribution in [0.5, 0.6) is 5.75 Å². The molecule has 0 aliphatic carbocycles. The number of hydrogen-bond acceptors (Lipinski definition) is 3. The van der Waals surface area contributed by atoms with E-state index in [1.54, 1.807) is 0 Å². The van der Waals surface area contributed by atoms with Crippen molar-refractivity contribution in [3.05, 3.63) is 29.8 Å². The lowest BCUT2D eigenvalue weighted by molar-refractivity contribution is 0.253. The summed E-state index contributed by atoms with van der Waals surface area (Å²) in [5.74, 6) is 0.883. The molecule has 84 valence electrons. The summed E-state index contributed by atoms with van der Waals surface area (Å²) in [6.07, 6.45) is 2.59. The van der Waals surface area contributed by atoms with Crippen molar-refractivity contribution in [1.29, 1.82) is 0 Å². The molecule has 1 aromatic carbocycles. The second kappa shape index (κ2) is 7.26. The number of ether oxygens (including phenoxy) is 1. The van der Waals surface area contributed by atoms with Crippen LogP contribution in [0.4, 0.5) is 0 Å². The molecule has 0 amide bonds. The number of aliphatic hydroxyl groups excluding tert-OH is 1. The summed E-state index contributed by atoms with van der Waals surface area (Å²) >= 11 is 0. The van der Waals surface area contributed by atoms with Gasteiger partial charge in [-0.05, 0) is 43.5 Å². The molecule has 3 N–H and O–H groups in total. The van der Waals surface area contributed by atoms with Crippen LogP contribution in [0.1, 0.15) is 18.4 Å². The maximum Gasteiger partial charge on any atom is 0.119 e. The minimum absolute atomic E-state index is 0.235. The Morgan fingerprint density at radius 1 is 1.13 bits per heavy atom. The Morgan fingerprint density at radius 3 is 2.47 bits per heavy atom. The average Bonchev–Trinajstić information content (AvgIpc) is 2.27. The van der Waals surface area contributed by atoms with Gasteiger partial charge in [-0.25, -0.2) is 0 Å². The third-order valence-corrected chi connectivity index (χ3v) is 2.18. The van der Waals surface area contributed by atoms with Gasteiger partial charge >= 0.3 is 0 Å². The van der Waals surface area contributed by atoms with Crippen LogP contribution in [0, 0.1) is 0 Å². The quantitative estimate of drug-likeness (QED) is 0.666. The number of hydrogen-bond donors (Lipinski definition) is 2. The number of unbranched alkanes of at least 4 members (excludes halogenated alkanes) is 1. The molecule has 0 saturated carbocycles. The van der Waals surface area contributed by atoms with Crippen LogP contribution in [0.2, 0.25) is 0 Å². The van der Waals surface area contributed by atoms with Gasteiger partial charge in [-0.3, -0.25) is 0 Å². The summed E-state index contributed by atoms with van der Waals surface area (Å²) in [5.41, 5.74) is 6.69. The highest BCUT2D eigenvalue weighted by molar-refractivity contribution is 5.27. The lowest BCUT2D eigenvalue weighted by Crippen LogP contribution is -2.02. The summed E-state index contributed by atoms with van der Waals surface area (Å²) in [6.45, 7) is 1.58. The van der Waals surface area contributed by atoms with Gasteiger partial charge in [-0.1, -0.05) is 12.1 Å². The molecule has 0 aromatic heterocycles. The van der Waals surface area contributed by atoms with Gasteiger partial charge in [0.25, 0.3) is 0 Å². The highest BCUT2D eigenvalue weighted by atomic mass is 16.5. The molecular weight excluding hydrogens is 190 g/mol. The van der Waals surface area contributed by atoms with Gasteiger partial charge < -0.3 is 15.6 Å². The standard InChI is InChI=1S/C12H19NO2/c13-8-7-11-3-5-12(6-4-11)15-10-2-1-9-14/h3-6,14H,1-2,7-10,13H2. The number of aliphatic hydroxyl groups is 1. The first kappa shape index (κ1) is 12.0. The SMILES string of the molecule is NCCc1ccc(OCCCCO)cc1. The highest BCUT2D eigenvalue weighted by Crippen LogP contribution is 2.12. The Kier molecular flexibility index (Phi) is 5.81. The molecule has 1 aromatic rings. The van der Waals surface area contributed by atoms with Crippen LogP contribution < -0.4 is 10.5 Å². The van der Waals surface area contributed by atoms with Gasteiger partial charge in [-0.2, -0.15) is 0 Å². The van der Waals surface area contributed by atoms with Gasteiger partial charge in [0.05, 0.1) is 6.61 Å². The molecule has 0 heterocycles. The molecule has 3 heteroatoms. The van der Waals surface area contributed by atoms with E-state index in [1.807, 2.05) is 24.3 Å². The fourth-order valence-corrected chi connectivity index (χ4v) is 1.32. The first-order chi connectivity index (χ1) is 7.36. The second-order valence-corrected chi connectivity index (χ2v) is 3.46. The van der Waals surface area contributed by atoms with E-state index in [4.69, 9.17) is 15.6 Å². The predicted molar refractivity (Wildman–Crippen MR) is 61.0 cm³/mol. The molecule has 0 spiro atoms. The minimum Gasteiger partial charge on any atom is -0.494 e. The molecule has 0 fully saturated rings. The maximum absolute atomic E-state index is 8.59. The van der Waals surface area contributed by atoms with Crippen molar-refractivity contribution in [3.8, 4) is 5.75 Å². The molecular formula is C12H19NO2. The van der Waals surface area contributed by atoms with Gasteiger partial charge in [0.15, 0.2) is 0 Å². The van der Waals surface area contributed by atoms with Crippen LogP contribution in [0.3, 0.4) is 0 Å². The third kappa shape index (κ3) is 4.81. The molecule has 0 saturated heterocycles. The zero-order chi connectivity index (χ0) is 10.9. The average molecular weight is 209 g/mol. The van der Waals surface area contributed by atoms with Crippen LogP contribution >= 0.6 is 0 Å². The second-order valence-electron chi connectivity index (χ2n) is 3.46. The van der Waals surface area contributed by atoms with E-state index >= 15 is 0 Å². The molecule has 3 nitrogen and oxygen atoms in total. The molecule has 1 rings (SSSR count). The van der Waals surface area contributed by atoms with Crippen molar-refractivity contribution in [2.24, 2.45) is 5.73 Å². The van der Waals surface area contributed by atoms with Gasteiger partial charge in [0.1, 0.15) is 5.75 Å². The van der Waals surface area contributed by atoms with Gasteiger partial charge in [0.2, 0.25) is 0 Å². The van der Waals surface area contributed by atoms with Crippen molar-refractivity contribution in [3.63, 3.8) is 0 Å². The van der Waals surface area contributed by atoms with E-state index in [0.717, 1.165) is 25.0 Å². The Balaban J connectivity index is 2.29. The van der Waals surface area contributed by atoms with Crippen molar-refractivity contribution in [1.82, 2.24) is 0 Å². The minimum atomic E-state index is 0.235. The van der Waals surface area contributed by atoms with Crippen molar-refractivity contribution >= 4 is 0 Å². The summed E-state index contributed by atoms with van der Waals surface area (Å²) in [5, 5.41) is 8.59. The fourth-order valence-electron chi connectivity index (χ4n) is 1.32. The molecule has 0 radical (unpaired) electrons. The lowest BCUT2D eigenvalue weighted by atomic mass is 10.1. The van der Waals surface area contributed by atoms with E-state index < -0.39 is 0 Å². The monoisotopic (exact) mass is 209 g/mol. The number of benzene rings is 1. The topological polar surface area (TPSA) is 55.5 Å². The smallest absolute Gasteiger partial charge is 0.119 e. The first-order valence-corrected chi connectivity index (χ1v) is 5.39. The van der Waals surface area contributed by atoms with Gasteiger partial charge in [0, 0.05) is 6.61 Å². The number of nitrogens with two attached hydrogens (primary N) is 1. The Labute approximate surface area is 90.9 Å². The van der Waals surface area contributed by atoms with Crippen molar-refractivity contribution in [2.45, 2.75) is 19.3 Å². The summed E-state index contributed by atoms with van der Waals surface area (Å²) in [7, 11) is 0. The third-order valence-electron chi connectivity index (χ3n) is 2.18. The van der Waals surface area contributed by atoms with Crippen molar-refractivity contribution < 1.29 is 9.84 Å².